The number of aliphatic carboxylic acids is 1. The summed E-state index contributed by atoms with van der Waals surface area (Å²) in [5.74, 6) is -0.972. The van der Waals surface area contributed by atoms with Crippen molar-refractivity contribution < 1.29 is 14.7 Å². The van der Waals surface area contributed by atoms with Crippen LogP contribution in [0.5, 0.6) is 0 Å². The van der Waals surface area contributed by atoms with E-state index >= 15 is 0 Å². The molecule has 1 aliphatic rings. The van der Waals surface area contributed by atoms with Gasteiger partial charge in [0.15, 0.2) is 0 Å². The van der Waals surface area contributed by atoms with Gasteiger partial charge in [-0.1, -0.05) is 0 Å². The summed E-state index contributed by atoms with van der Waals surface area (Å²) in [7, 11) is 0. The van der Waals surface area contributed by atoms with Crippen LogP contribution in [0.15, 0.2) is 12.7 Å². The standard InChI is InChI=1S/C13H21N5O3/c14-11(7-17-9-15-8-16-17)13(21)18-6-2-1-3-10(18)4-5-12(19)20/h8-11H,1-7,14H2,(H,19,20). The second-order valence-electron chi connectivity index (χ2n) is 5.34. The van der Waals surface area contributed by atoms with Crippen molar-refractivity contribution >= 4 is 11.9 Å². The van der Waals surface area contributed by atoms with Gasteiger partial charge in [0.25, 0.3) is 0 Å². The summed E-state index contributed by atoms with van der Waals surface area (Å²) in [6.45, 7) is 0.926. The van der Waals surface area contributed by atoms with Gasteiger partial charge in [0.05, 0.1) is 6.54 Å². The maximum Gasteiger partial charge on any atom is 0.303 e. The van der Waals surface area contributed by atoms with Gasteiger partial charge in [0.2, 0.25) is 5.91 Å². The fraction of sp³-hybridized carbons (Fsp3) is 0.692. The van der Waals surface area contributed by atoms with Crippen molar-refractivity contribution in [3.63, 3.8) is 0 Å². The van der Waals surface area contributed by atoms with E-state index in [9.17, 15) is 9.59 Å². The number of nitrogens with two attached hydrogens (primary N) is 1. The van der Waals surface area contributed by atoms with Crippen molar-refractivity contribution in [2.75, 3.05) is 6.54 Å². The highest BCUT2D eigenvalue weighted by molar-refractivity contribution is 5.82. The smallest absolute Gasteiger partial charge is 0.303 e. The SMILES string of the molecule is NC(Cn1cncn1)C(=O)N1CCCCC1CCC(=O)O. The first-order valence-electron chi connectivity index (χ1n) is 7.18. The monoisotopic (exact) mass is 295 g/mol. The van der Waals surface area contributed by atoms with Crippen molar-refractivity contribution in [3.05, 3.63) is 12.7 Å². The molecular weight excluding hydrogens is 274 g/mol. The highest BCUT2D eigenvalue weighted by Gasteiger charge is 2.30. The van der Waals surface area contributed by atoms with Crippen molar-refractivity contribution in [2.45, 2.75) is 50.7 Å². The third-order valence-corrected chi connectivity index (χ3v) is 3.77. The van der Waals surface area contributed by atoms with Gasteiger partial charge in [-0.15, -0.1) is 0 Å². The van der Waals surface area contributed by atoms with Gasteiger partial charge in [0.1, 0.15) is 18.7 Å². The zero-order valence-electron chi connectivity index (χ0n) is 11.9. The summed E-state index contributed by atoms with van der Waals surface area (Å²) >= 11 is 0. The van der Waals surface area contributed by atoms with Crippen LogP contribution in [0.1, 0.15) is 32.1 Å². The fourth-order valence-corrected chi connectivity index (χ4v) is 2.70. The molecule has 0 spiro atoms. The topological polar surface area (TPSA) is 114 Å². The lowest BCUT2D eigenvalue weighted by atomic mass is 9.97. The molecule has 0 aliphatic carbocycles. The molecule has 8 nitrogen and oxygen atoms in total. The van der Waals surface area contributed by atoms with Crippen molar-refractivity contribution in [1.82, 2.24) is 19.7 Å². The third-order valence-electron chi connectivity index (χ3n) is 3.77. The number of likely N-dealkylation sites (tertiary alicyclic amines) is 1. The molecule has 3 N–H and O–H groups in total. The first kappa shape index (κ1) is 15.4. The number of hydrogen-bond acceptors (Lipinski definition) is 5. The van der Waals surface area contributed by atoms with Crippen molar-refractivity contribution in [2.24, 2.45) is 5.73 Å². The predicted molar refractivity (Wildman–Crippen MR) is 74.2 cm³/mol. The molecule has 2 unspecified atom stereocenters. The predicted octanol–water partition coefficient (Wildman–Crippen LogP) is -0.149. The first-order chi connectivity index (χ1) is 10.1. The Morgan fingerprint density at radius 3 is 2.90 bits per heavy atom. The second kappa shape index (κ2) is 7.16. The van der Waals surface area contributed by atoms with E-state index in [2.05, 4.69) is 10.1 Å². The molecule has 8 heteroatoms. The van der Waals surface area contributed by atoms with E-state index in [4.69, 9.17) is 10.8 Å². The maximum atomic E-state index is 12.5. The summed E-state index contributed by atoms with van der Waals surface area (Å²) in [5, 5.41) is 12.7. The van der Waals surface area contributed by atoms with E-state index in [0.717, 1.165) is 19.3 Å². The number of carbonyl (C=O) groups excluding carboxylic acids is 1. The van der Waals surface area contributed by atoms with E-state index < -0.39 is 12.0 Å². The highest BCUT2D eigenvalue weighted by atomic mass is 16.4. The van der Waals surface area contributed by atoms with Crippen LogP contribution in [0.4, 0.5) is 0 Å². The maximum absolute atomic E-state index is 12.5. The normalized spacial score (nSPS) is 20.2. The largest absolute Gasteiger partial charge is 0.481 e. The fourth-order valence-electron chi connectivity index (χ4n) is 2.70. The minimum Gasteiger partial charge on any atom is -0.481 e. The Kier molecular flexibility index (Phi) is 5.26. The Hall–Kier alpha value is -1.96. The lowest BCUT2D eigenvalue weighted by Gasteiger charge is -2.37. The van der Waals surface area contributed by atoms with E-state index in [0.29, 0.717) is 13.0 Å². The average Bonchev–Trinajstić information content (AvgIpc) is 2.97. The minimum atomic E-state index is -0.833. The number of carbonyl (C=O) groups is 2. The van der Waals surface area contributed by atoms with E-state index in [1.165, 1.54) is 17.3 Å². The Labute approximate surface area is 122 Å². The number of amides is 1. The molecule has 1 fully saturated rings. The van der Waals surface area contributed by atoms with Gasteiger partial charge in [-0.3, -0.25) is 14.3 Å². The molecule has 2 heterocycles. The number of aromatic nitrogens is 3. The second-order valence-corrected chi connectivity index (χ2v) is 5.34. The van der Waals surface area contributed by atoms with E-state index in [1.54, 1.807) is 4.90 Å². The summed E-state index contributed by atoms with van der Waals surface area (Å²) in [5.41, 5.74) is 5.96. The molecule has 0 radical (unpaired) electrons. The molecular formula is C13H21N5O3. The zero-order valence-corrected chi connectivity index (χ0v) is 11.9. The molecule has 1 aromatic heterocycles. The van der Waals surface area contributed by atoms with Gasteiger partial charge >= 0.3 is 5.97 Å². The first-order valence-corrected chi connectivity index (χ1v) is 7.18. The number of nitrogens with zero attached hydrogens (tertiary/aromatic N) is 4. The molecule has 0 aromatic carbocycles. The molecule has 1 aliphatic heterocycles. The molecule has 1 amide bonds. The van der Waals surface area contributed by atoms with Crippen LogP contribution >= 0.6 is 0 Å². The molecule has 2 rings (SSSR count). The number of carboxylic acid groups (broad SMARTS) is 1. The highest BCUT2D eigenvalue weighted by Crippen LogP contribution is 2.21. The number of hydrogen-bond donors (Lipinski definition) is 2. The number of piperidine rings is 1. The van der Waals surface area contributed by atoms with E-state index in [1.807, 2.05) is 0 Å². The van der Waals surface area contributed by atoms with Crippen LogP contribution in [0.25, 0.3) is 0 Å². The molecule has 21 heavy (non-hydrogen) atoms. The summed E-state index contributed by atoms with van der Waals surface area (Å²) in [6, 6.07) is -0.707. The quantitative estimate of drug-likeness (QED) is 0.754. The Balaban J connectivity index is 1.95. The third kappa shape index (κ3) is 4.25. The van der Waals surface area contributed by atoms with E-state index in [-0.39, 0.29) is 24.9 Å². The summed E-state index contributed by atoms with van der Waals surface area (Å²) in [4.78, 5) is 28.7. The van der Waals surface area contributed by atoms with Gasteiger partial charge in [0, 0.05) is 19.0 Å². The zero-order chi connectivity index (χ0) is 15.2. The molecule has 2 atom stereocenters. The van der Waals surface area contributed by atoms with Crippen LogP contribution in [0.3, 0.4) is 0 Å². The van der Waals surface area contributed by atoms with Crippen LogP contribution in [0, 0.1) is 0 Å². The minimum absolute atomic E-state index is 0.0239. The van der Waals surface area contributed by atoms with Crippen LogP contribution in [0.2, 0.25) is 0 Å². The molecule has 0 bridgehead atoms. The molecule has 0 saturated carbocycles. The summed E-state index contributed by atoms with van der Waals surface area (Å²) < 4.78 is 1.53. The van der Waals surface area contributed by atoms with Crippen LogP contribution < -0.4 is 5.73 Å². The Morgan fingerprint density at radius 1 is 1.43 bits per heavy atom. The number of carboxylic acids is 1. The van der Waals surface area contributed by atoms with Gasteiger partial charge in [-0.05, 0) is 25.7 Å². The van der Waals surface area contributed by atoms with Crippen LogP contribution in [-0.4, -0.2) is 55.3 Å². The van der Waals surface area contributed by atoms with Crippen LogP contribution in [-0.2, 0) is 16.1 Å². The Bertz CT molecular complexity index is 476. The molecule has 116 valence electrons. The molecule has 1 saturated heterocycles. The average molecular weight is 295 g/mol. The van der Waals surface area contributed by atoms with Crippen molar-refractivity contribution in [1.29, 1.82) is 0 Å². The van der Waals surface area contributed by atoms with Gasteiger partial charge in [-0.2, -0.15) is 5.10 Å². The Morgan fingerprint density at radius 2 is 2.24 bits per heavy atom. The van der Waals surface area contributed by atoms with Gasteiger partial charge in [-0.25, -0.2) is 4.98 Å². The lowest BCUT2D eigenvalue weighted by molar-refractivity contribution is -0.140. The number of rotatable bonds is 6. The lowest BCUT2D eigenvalue weighted by Crippen LogP contribution is -2.52. The van der Waals surface area contributed by atoms with Gasteiger partial charge < -0.3 is 15.7 Å². The molecule has 1 aromatic rings. The van der Waals surface area contributed by atoms with Crippen molar-refractivity contribution in [3.8, 4) is 0 Å². The summed E-state index contributed by atoms with van der Waals surface area (Å²) in [6.07, 6.45) is 6.27.